The fourth-order valence-electron chi connectivity index (χ4n) is 3.78. The first-order valence-electron chi connectivity index (χ1n) is 10.3. The number of nitrogens with one attached hydrogen (secondary N) is 1. The average molecular weight is 481 g/mol. The van der Waals surface area contributed by atoms with Crippen LogP contribution in [0.2, 0.25) is 15.1 Å². The van der Waals surface area contributed by atoms with Gasteiger partial charge in [0.2, 0.25) is 0 Å². The van der Waals surface area contributed by atoms with Crippen LogP contribution < -0.4 is 10.2 Å². The minimum absolute atomic E-state index is 0.160. The van der Waals surface area contributed by atoms with Gasteiger partial charge in [-0.05, 0) is 43.7 Å². The van der Waals surface area contributed by atoms with Crippen molar-refractivity contribution < 1.29 is 4.79 Å². The molecule has 31 heavy (non-hydrogen) atoms. The number of nitrogens with zero attached hydrogens (tertiary/aromatic N) is 4. The number of carbonyl (C=O) groups excluding carboxylic acids is 1. The normalized spacial score (nSPS) is 14.9. The highest BCUT2D eigenvalue weighted by atomic mass is 35.5. The van der Waals surface area contributed by atoms with E-state index in [0.717, 1.165) is 51.3 Å². The Morgan fingerprint density at radius 2 is 1.81 bits per heavy atom. The molecule has 0 unspecified atom stereocenters. The Hall–Kier alpha value is -1.99. The van der Waals surface area contributed by atoms with E-state index in [1.165, 1.54) is 0 Å². The highest BCUT2D eigenvalue weighted by Gasteiger charge is 2.19. The zero-order chi connectivity index (χ0) is 21.8. The van der Waals surface area contributed by atoms with Gasteiger partial charge in [-0.3, -0.25) is 9.69 Å². The third kappa shape index (κ3) is 5.44. The van der Waals surface area contributed by atoms with E-state index >= 15 is 0 Å². The fraction of sp³-hybridized carbons (Fsp3) is 0.364. The molecule has 0 saturated carbocycles. The number of anilines is 1. The van der Waals surface area contributed by atoms with Crippen LogP contribution in [0.5, 0.6) is 0 Å². The number of piperazine rings is 1. The van der Waals surface area contributed by atoms with Crippen molar-refractivity contribution in [1.82, 2.24) is 19.6 Å². The first-order chi connectivity index (χ1) is 15.0. The Morgan fingerprint density at radius 3 is 2.61 bits per heavy atom. The predicted octanol–water partition coefficient (Wildman–Crippen LogP) is 4.63. The van der Waals surface area contributed by atoms with E-state index in [1.54, 1.807) is 28.9 Å². The number of rotatable bonds is 7. The molecule has 1 saturated heterocycles. The largest absolute Gasteiger partial charge is 0.368 e. The maximum atomic E-state index is 12.3. The molecule has 1 amide bonds. The quantitative estimate of drug-likeness (QED) is 0.501. The molecule has 4 rings (SSSR count). The molecule has 1 fully saturated rings. The van der Waals surface area contributed by atoms with Crippen LogP contribution in [0.3, 0.4) is 0 Å². The van der Waals surface area contributed by atoms with Gasteiger partial charge in [0.05, 0.1) is 20.8 Å². The number of benzene rings is 1. The fourth-order valence-corrected chi connectivity index (χ4v) is 4.36. The predicted molar refractivity (Wildman–Crippen MR) is 127 cm³/mol. The molecule has 0 aliphatic carbocycles. The van der Waals surface area contributed by atoms with Gasteiger partial charge in [0.25, 0.3) is 5.91 Å². The summed E-state index contributed by atoms with van der Waals surface area (Å²) in [5, 5.41) is 4.78. The van der Waals surface area contributed by atoms with Crippen LogP contribution in [0.1, 0.15) is 23.3 Å². The van der Waals surface area contributed by atoms with Gasteiger partial charge in [-0.25, -0.2) is 4.98 Å². The van der Waals surface area contributed by atoms with Gasteiger partial charge in [0, 0.05) is 45.1 Å². The molecule has 164 valence electrons. The van der Waals surface area contributed by atoms with Crippen molar-refractivity contribution in [3.8, 4) is 0 Å². The van der Waals surface area contributed by atoms with Crippen molar-refractivity contribution in [2.75, 3.05) is 44.2 Å². The smallest absolute Gasteiger partial charge is 0.271 e. The third-order valence-electron chi connectivity index (χ3n) is 5.48. The summed E-state index contributed by atoms with van der Waals surface area (Å²) in [6.07, 6.45) is 5.38. The molecular weight excluding hydrogens is 457 g/mol. The van der Waals surface area contributed by atoms with Crippen LogP contribution in [-0.2, 0) is 0 Å². The van der Waals surface area contributed by atoms with E-state index in [9.17, 15) is 4.79 Å². The van der Waals surface area contributed by atoms with Crippen molar-refractivity contribution in [3.63, 3.8) is 0 Å². The highest BCUT2D eigenvalue weighted by Crippen LogP contribution is 2.32. The number of unbranched alkanes of at least 4 members (excludes halogenated alkanes) is 1. The molecule has 6 nitrogen and oxygen atoms in total. The van der Waals surface area contributed by atoms with Crippen molar-refractivity contribution >= 4 is 52.0 Å². The molecule has 1 aromatic carbocycles. The van der Waals surface area contributed by atoms with Crippen LogP contribution in [-0.4, -0.2) is 59.5 Å². The summed E-state index contributed by atoms with van der Waals surface area (Å²) in [4.78, 5) is 21.4. The molecule has 0 radical (unpaired) electrons. The average Bonchev–Trinajstić information content (AvgIpc) is 3.19. The molecule has 1 aliphatic rings. The number of amides is 1. The van der Waals surface area contributed by atoms with E-state index in [4.69, 9.17) is 34.8 Å². The zero-order valence-electron chi connectivity index (χ0n) is 17.0. The summed E-state index contributed by atoms with van der Waals surface area (Å²) in [5.74, 6) is -0.160. The topological polar surface area (TPSA) is 52.9 Å². The molecule has 0 spiro atoms. The lowest BCUT2D eigenvalue weighted by Gasteiger charge is -2.36. The minimum atomic E-state index is -0.160. The van der Waals surface area contributed by atoms with Crippen molar-refractivity contribution in [2.24, 2.45) is 0 Å². The van der Waals surface area contributed by atoms with Gasteiger partial charge < -0.3 is 14.6 Å². The lowest BCUT2D eigenvalue weighted by Crippen LogP contribution is -2.46. The number of fused-ring (bicyclic) bond motifs is 1. The molecule has 9 heteroatoms. The summed E-state index contributed by atoms with van der Waals surface area (Å²) in [7, 11) is 0. The Morgan fingerprint density at radius 1 is 1.00 bits per heavy atom. The summed E-state index contributed by atoms with van der Waals surface area (Å²) >= 11 is 18.5. The lowest BCUT2D eigenvalue weighted by atomic mass is 10.2. The van der Waals surface area contributed by atoms with Crippen LogP contribution in [0, 0.1) is 0 Å². The van der Waals surface area contributed by atoms with E-state index in [0.29, 0.717) is 33.0 Å². The van der Waals surface area contributed by atoms with Crippen LogP contribution in [0.4, 0.5) is 5.69 Å². The second-order valence-electron chi connectivity index (χ2n) is 7.60. The first kappa shape index (κ1) is 22.2. The van der Waals surface area contributed by atoms with Gasteiger partial charge in [0.1, 0.15) is 11.3 Å². The molecule has 2 aromatic heterocycles. The number of aromatic nitrogens is 2. The molecule has 1 aliphatic heterocycles. The SMILES string of the molecule is O=C(NCCCCN1CCN(c2cccc(Cl)c2Cl)CC1)c1cn2cc(Cl)ccc2n1. The van der Waals surface area contributed by atoms with E-state index < -0.39 is 0 Å². The maximum Gasteiger partial charge on any atom is 0.271 e. The van der Waals surface area contributed by atoms with Gasteiger partial charge in [-0.15, -0.1) is 0 Å². The minimum Gasteiger partial charge on any atom is -0.368 e. The summed E-state index contributed by atoms with van der Waals surface area (Å²) < 4.78 is 1.76. The Bertz CT molecular complexity index is 1060. The van der Waals surface area contributed by atoms with Gasteiger partial charge in [-0.1, -0.05) is 40.9 Å². The number of pyridine rings is 1. The number of carbonyl (C=O) groups is 1. The van der Waals surface area contributed by atoms with Gasteiger partial charge >= 0.3 is 0 Å². The zero-order valence-corrected chi connectivity index (χ0v) is 19.3. The monoisotopic (exact) mass is 479 g/mol. The van der Waals surface area contributed by atoms with Crippen LogP contribution >= 0.6 is 34.8 Å². The Balaban J connectivity index is 1.16. The van der Waals surface area contributed by atoms with Crippen LogP contribution in [0.15, 0.2) is 42.7 Å². The summed E-state index contributed by atoms with van der Waals surface area (Å²) in [5.41, 5.74) is 2.11. The number of halogens is 3. The number of hydrogen-bond acceptors (Lipinski definition) is 4. The van der Waals surface area contributed by atoms with Crippen molar-refractivity contribution in [2.45, 2.75) is 12.8 Å². The van der Waals surface area contributed by atoms with Crippen molar-refractivity contribution in [3.05, 3.63) is 63.5 Å². The third-order valence-corrected chi connectivity index (χ3v) is 6.51. The van der Waals surface area contributed by atoms with Gasteiger partial charge in [0.15, 0.2) is 0 Å². The Kier molecular flexibility index (Phi) is 7.23. The van der Waals surface area contributed by atoms with E-state index in [-0.39, 0.29) is 5.91 Å². The summed E-state index contributed by atoms with van der Waals surface area (Å²) in [6, 6.07) is 9.32. The maximum absolute atomic E-state index is 12.3. The second kappa shape index (κ2) is 10.1. The highest BCUT2D eigenvalue weighted by molar-refractivity contribution is 6.43. The second-order valence-corrected chi connectivity index (χ2v) is 8.83. The number of hydrogen-bond donors (Lipinski definition) is 1. The van der Waals surface area contributed by atoms with E-state index in [1.807, 2.05) is 18.2 Å². The van der Waals surface area contributed by atoms with Crippen molar-refractivity contribution in [1.29, 1.82) is 0 Å². The van der Waals surface area contributed by atoms with Gasteiger partial charge in [-0.2, -0.15) is 0 Å². The van der Waals surface area contributed by atoms with E-state index in [2.05, 4.69) is 20.1 Å². The lowest BCUT2D eigenvalue weighted by molar-refractivity contribution is 0.0948. The molecule has 3 heterocycles. The Labute approximate surface area is 196 Å². The van der Waals surface area contributed by atoms with Crippen LogP contribution in [0.25, 0.3) is 5.65 Å². The molecule has 0 bridgehead atoms. The number of imidazole rings is 1. The molecule has 0 atom stereocenters. The summed E-state index contributed by atoms with van der Waals surface area (Å²) in [6.45, 7) is 5.47. The standard InChI is InChI=1S/C22H24Cl3N5O/c23-16-6-7-20-27-18(15-30(20)14-16)22(31)26-8-1-2-9-28-10-12-29(13-11-28)19-5-3-4-17(24)21(19)25/h3-7,14-15H,1-2,8-13H2,(H,26,31). The molecule has 3 aromatic rings. The molecular formula is C22H24Cl3N5O. The first-order valence-corrected chi connectivity index (χ1v) is 11.5. The molecule has 1 N–H and O–H groups in total.